The van der Waals surface area contributed by atoms with Crippen LogP contribution in [0.2, 0.25) is 15.1 Å². The number of benzene rings is 4. The van der Waals surface area contributed by atoms with Crippen molar-refractivity contribution in [3.63, 3.8) is 0 Å². The van der Waals surface area contributed by atoms with Crippen LogP contribution < -0.4 is 14.3 Å². The van der Waals surface area contributed by atoms with E-state index < -0.39 is 26.0 Å². The Morgan fingerprint density at radius 1 is 0.775 bits per heavy atom. The highest BCUT2D eigenvalue weighted by Gasteiger charge is 2.21. The molecule has 0 saturated carbocycles. The van der Waals surface area contributed by atoms with Crippen LogP contribution in [0.1, 0.15) is 15.9 Å². The maximum atomic E-state index is 12.8. The van der Waals surface area contributed by atoms with Crippen LogP contribution in [0.4, 0.5) is 17.1 Å². The van der Waals surface area contributed by atoms with Crippen LogP contribution in [0.3, 0.4) is 0 Å². The Morgan fingerprint density at radius 3 is 1.95 bits per heavy atom. The SMILES string of the molecule is CS(=O)(=O)N(Cc1c(Cl)cccc1Cl)c1ccc(C(=O)Nc2ccc(S(=O)(=O)Nc3cccc(Cl)c3)cc2)cc1. The standard InChI is InChI=1S/C27H22Cl3N3O5S2/c1-39(35,36)33(17-24-25(29)6-3-7-26(24)30)22-12-8-18(9-13-22)27(34)31-20-10-14-23(15-11-20)40(37,38)32-21-5-2-4-19(28)16-21/h2-16,32H,17H2,1H3,(H,31,34). The first-order valence-corrected chi connectivity index (χ1v) is 16.0. The third-order valence-electron chi connectivity index (χ3n) is 5.68. The van der Waals surface area contributed by atoms with Gasteiger partial charge in [-0.15, -0.1) is 0 Å². The van der Waals surface area contributed by atoms with Gasteiger partial charge in [-0.05, 0) is 78.9 Å². The van der Waals surface area contributed by atoms with Crippen LogP contribution in [0, 0.1) is 0 Å². The number of hydrogen-bond acceptors (Lipinski definition) is 5. The van der Waals surface area contributed by atoms with Gasteiger partial charge in [0.25, 0.3) is 15.9 Å². The predicted octanol–water partition coefficient (Wildman–Crippen LogP) is 6.67. The van der Waals surface area contributed by atoms with Gasteiger partial charge in [0, 0.05) is 31.9 Å². The van der Waals surface area contributed by atoms with Crippen LogP contribution in [0.15, 0.2) is 95.9 Å². The minimum Gasteiger partial charge on any atom is -0.322 e. The van der Waals surface area contributed by atoms with Crippen molar-refractivity contribution >= 4 is 77.8 Å². The Balaban J connectivity index is 1.47. The summed E-state index contributed by atoms with van der Waals surface area (Å²) >= 11 is 18.4. The summed E-state index contributed by atoms with van der Waals surface area (Å²) in [5.41, 5.74) is 1.70. The maximum absolute atomic E-state index is 12.8. The zero-order valence-electron chi connectivity index (χ0n) is 20.8. The molecular formula is C27H22Cl3N3O5S2. The number of halogens is 3. The second kappa shape index (κ2) is 12.1. The quantitative estimate of drug-likeness (QED) is 0.213. The number of carbonyl (C=O) groups excluding carboxylic acids is 1. The van der Waals surface area contributed by atoms with E-state index in [9.17, 15) is 21.6 Å². The first kappa shape index (κ1) is 29.7. The summed E-state index contributed by atoms with van der Waals surface area (Å²) in [5, 5.41) is 3.74. The lowest BCUT2D eigenvalue weighted by atomic mass is 10.1. The molecule has 0 saturated heterocycles. The van der Waals surface area contributed by atoms with Crippen molar-refractivity contribution in [2.24, 2.45) is 0 Å². The van der Waals surface area contributed by atoms with Gasteiger partial charge in [0.05, 0.1) is 29.1 Å². The number of rotatable bonds is 9. The molecular weight excluding hydrogens is 617 g/mol. The van der Waals surface area contributed by atoms with E-state index in [2.05, 4.69) is 10.0 Å². The van der Waals surface area contributed by atoms with Gasteiger partial charge in [0.15, 0.2) is 0 Å². The lowest BCUT2D eigenvalue weighted by Crippen LogP contribution is -2.29. The Morgan fingerprint density at radius 2 is 1.38 bits per heavy atom. The zero-order chi connectivity index (χ0) is 29.1. The fraction of sp³-hybridized carbons (Fsp3) is 0.0741. The van der Waals surface area contributed by atoms with Crippen LogP contribution in [0.25, 0.3) is 0 Å². The molecule has 0 bridgehead atoms. The highest BCUT2D eigenvalue weighted by molar-refractivity contribution is 7.92. The van der Waals surface area contributed by atoms with Gasteiger partial charge >= 0.3 is 0 Å². The van der Waals surface area contributed by atoms with Crippen LogP contribution >= 0.6 is 34.8 Å². The van der Waals surface area contributed by atoms with E-state index in [1.807, 2.05) is 0 Å². The van der Waals surface area contributed by atoms with E-state index >= 15 is 0 Å². The average Bonchev–Trinajstić information content (AvgIpc) is 2.88. The van der Waals surface area contributed by atoms with Gasteiger partial charge in [0.2, 0.25) is 10.0 Å². The maximum Gasteiger partial charge on any atom is 0.261 e. The molecule has 0 aliphatic carbocycles. The van der Waals surface area contributed by atoms with E-state index in [0.29, 0.717) is 37.7 Å². The highest BCUT2D eigenvalue weighted by Crippen LogP contribution is 2.29. The molecule has 40 heavy (non-hydrogen) atoms. The monoisotopic (exact) mass is 637 g/mol. The number of sulfonamides is 2. The summed E-state index contributed by atoms with van der Waals surface area (Å²) in [6.45, 7) is -0.0929. The van der Waals surface area contributed by atoms with Crippen molar-refractivity contribution in [2.75, 3.05) is 20.6 Å². The van der Waals surface area contributed by atoms with Crippen molar-refractivity contribution in [3.05, 3.63) is 117 Å². The molecule has 0 heterocycles. The minimum absolute atomic E-state index is 0.00526. The first-order valence-electron chi connectivity index (χ1n) is 11.5. The molecule has 4 rings (SSSR count). The van der Waals surface area contributed by atoms with E-state index in [1.165, 1.54) is 54.6 Å². The van der Waals surface area contributed by atoms with Crippen molar-refractivity contribution in [2.45, 2.75) is 11.4 Å². The normalized spacial score (nSPS) is 11.6. The van der Waals surface area contributed by atoms with E-state index in [1.54, 1.807) is 36.4 Å². The fourth-order valence-corrected chi connectivity index (χ4v) is 6.32. The summed E-state index contributed by atoms with van der Waals surface area (Å²) in [6, 6.07) is 22.8. The second-order valence-electron chi connectivity index (χ2n) is 8.61. The van der Waals surface area contributed by atoms with Crippen LogP contribution in [-0.4, -0.2) is 29.0 Å². The molecule has 0 fully saturated rings. The number of carbonyl (C=O) groups is 1. The number of hydrogen-bond donors (Lipinski definition) is 2. The van der Waals surface area contributed by atoms with Crippen molar-refractivity contribution in [3.8, 4) is 0 Å². The third kappa shape index (κ3) is 7.26. The Hall–Kier alpha value is -3.28. The van der Waals surface area contributed by atoms with E-state index in [-0.39, 0.29) is 17.0 Å². The van der Waals surface area contributed by atoms with Gasteiger partial charge in [-0.25, -0.2) is 16.8 Å². The Bertz CT molecular complexity index is 1740. The predicted molar refractivity (Wildman–Crippen MR) is 161 cm³/mol. The molecule has 13 heteroatoms. The lowest BCUT2D eigenvalue weighted by molar-refractivity contribution is 0.102. The number of amides is 1. The first-order chi connectivity index (χ1) is 18.8. The fourth-order valence-electron chi connectivity index (χ4n) is 3.69. The molecule has 4 aromatic carbocycles. The summed E-state index contributed by atoms with van der Waals surface area (Å²) in [5.74, 6) is -0.473. The topological polar surface area (TPSA) is 113 Å². The largest absolute Gasteiger partial charge is 0.322 e. The minimum atomic E-state index is -3.87. The molecule has 0 unspecified atom stereocenters. The molecule has 0 spiro atoms. The van der Waals surface area contributed by atoms with E-state index in [4.69, 9.17) is 34.8 Å². The molecule has 0 aromatic heterocycles. The molecule has 8 nitrogen and oxygen atoms in total. The van der Waals surface area contributed by atoms with E-state index in [0.717, 1.165) is 10.6 Å². The highest BCUT2D eigenvalue weighted by atomic mass is 35.5. The number of nitrogens with zero attached hydrogens (tertiary/aromatic N) is 1. The molecule has 2 N–H and O–H groups in total. The van der Waals surface area contributed by atoms with Crippen molar-refractivity contribution in [1.82, 2.24) is 0 Å². The van der Waals surface area contributed by atoms with Crippen molar-refractivity contribution in [1.29, 1.82) is 0 Å². The molecule has 0 radical (unpaired) electrons. The molecule has 1 amide bonds. The summed E-state index contributed by atoms with van der Waals surface area (Å²) < 4.78 is 54.0. The summed E-state index contributed by atoms with van der Waals surface area (Å²) in [6.07, 6.45) is 1.06. The van der Waals surface area contributed by atoms with Gasteiger partial charge in [-0.1, -0.05) is 46.9 Å². The molecule has 0 aliphatic rings. The third-order valence-corrected chi connectivity index (χ3v) is 9.16. The van der Waals surface area contributed by atoms with Crippen LogP contribution in [0.5, 0.6) is 0 Å². The Kier molecular flexibility index (Phi) is 8.96. The van der Waals surface area contributed by atoms with Crippen LogP contribution in [-0.2, 0) is 26.6 Å². The number of nitrogens with one attached hydrogen (secondary N) is 2. The average molecular weight is 639 g/mol. The Labute approximate surface area is 247 Å². The molecule has 208 valence electrons. The molecule has 4 aromatic rings. The lowest BCUT2D eigenvalue weighted by Gasteiger charge is -2.23. The molecule has 0 atom stereocenters. The van der Waals surface area contributed by atoms with Gasteiger partial charge in [-0.3, -0.25) is 13.8 Å². The summed E-state index contributed by atoms with van der Waals surface area (Å²) in [7, 11) is -7.59. The van der Waals surface area contributed by atoms with Gasteiger partial charge in [-0.2, -0.15) is 0 Å². The summed E-state index contributed by atoms with van der Waals surface area (Å²) in [4.78, 5) is 12.8. The van der Waals surface area contributed by atoms with Gasteiger partial charge in [0.1, 0.15) is 0 Å². The van der Waals surface area contributed by atoms with Crippen molar-refractivity contribution < 1.29 is 21.6 Å². The molecule has 0 aliphatic heterocycles. The zero-order valence-corrected chi connectivity index (χ0v) is 24.7. The van der Waals surface area contributed by atoms with Gasteiger partial charge < -0.3 is 5.32 Å². The number of anilines is 3. The second-order valence-corrected chi connectivity index (χ2v) is 13.5. The smallest absolute Gasteiger partial charge is 0.261 e.